The lowest BCUT2D eigenvalue weighted by Gasteiger charge is -2.37. The third-order valence-corrected chi connectivity index (χ3v) is 10.1. The van der Waals surface area contributed by atoms with Gasteiger partial charge in [-0.3, -0.25) is 4.72 Å². The quantitative estimate of drug-likeness (QED) is 0.543. The summed E-state index contributed by atoms with van der Waals surface area (Å²) in [6, 6.07) is 15.0. The summed E-state index contributed by atoms with van der Waals surface area (Å²) in [5.41, 5.74) is 1.91. The van der Waals surface area contributed by atoms with E-state index in [0.29, 0.717) is 11.4 Å². The predicted molar refractivity (Wildman–Crippen MR) is 132 cm³/mol. The number of para-hydroxylation sites is 1. The summed E-state index contributed by atoms with van der Waals surface area (Å²) in [6.45, 7) is 7.21. The van der Waals surface area contributed by atoms with E-state index >= 15 is 0 Å². The van der Waals surface area contributed by atoms with Crippen LogP contribution in [-0.2, 0) is 20.0 Å². The number of nitrogens with zero attached hydrogens (tertiary/aromatic N) is 3. The molecule has 1 fully saturated rings. The van der Waals surface area contributed by atoms with Crippen molar-refractivity contribution in [3.63, 3.8) is 0 Å². The molecule has 0 radical (unpaired) electrons. The Morgan fingerprint density at radius 2 is 1.47 bits per heavy atom. The van der Waals surface area contributed by atoms with Crippen molar-refractivity contribution in [1.29, 1.82) is 0 Å². The molecule has 4 rings (SSSR count). The largest absolute Gasteiger partial charge is 0.280 e. The molecule has 10 heteroatoms. The Labute approximate surface area is 201 Å². The van der Waals surface area contributed by atoms with E-state index in [0.717, 1.165) is 24.9 Å². The second-order valence-electron chi connectivity index (χ2n) is 8.84. The Balaban J connectivity index is 1.60. The number of nitrogens with one attached hydrogen (secondary N) is 1. The van der Waals surface area contributed by atoms with Crippen LogP contribution in [0.1, 0.15) is 44.5 Å². The molecular weight excluding hydrogens is 472 g/mol. The third kappa shape index (κ3) is 4.49. The maximum Gasteiger partial charge on any atom is 0.265 e. The molecule has 1 N–H and O–H groups in total. The maximum absolute atomic E-state index is 13.2. The summed E-state index contributed by atoms with van der Waals surface area (Å²) in [7, 11) is -7.61. The van der Waals surface area contributed by atoms with Gasteiger partial charge in [0.1, 0.15) is 4.90 Å². The lowest BCUT2D eigenvalue weighted by Crippen LogP contribution is -2.47. The first-order valence-electron chi connectivity index (χ1n) is 11.3. The molecule has 1 aromatic heterocycles. The lowest BCUT2D eigenvalue weighted by atomic mass is 10.0. The van der Waals surface area contributed by atoms with E-state index in [2.05, 4.69) is 9.82 Å². The van der Waals surface area contributed by atoms with Crippen molar-refractivity contribution in [3.8, 4) is 5.69 Å². The standard InChI is InChI=1S/C24H30N4O4S2/c1-17-9-8-10-18(2)28(17)34(31,32)23-15-13-21(14-16-23)26-33(29,30)24-19(3)25-27(20(24)4)22-11-6-5-7-12-22/h5-7,11-18,26H,8-10H2,1-4H3. The normalized spacial score (nSPS) is 19.8. The van der Waals surface area contributed by atoms with Gasteiger partial charge in [-0.25, -0.2) is 21.5 Å². The van der Waals surface area contributed by atoms with Crippen LogP contribution in [0.3, 0.4) is 0 Å². The van der Waals surface area contributed by atoms with Crippen molar-refractivity contribution in [2.24, 2.45) is 0 Å². The molecule has 0 bridgehead atoms. The summed E-state index contributed by atoms with van der Waals surface area (Å²) in [5, 5.41) is 4.41. The van der Waals surface area contributed by atoms with E-state index in [1.54, 1.807) is 22.8 Å². The Morgan fingerprint density at radius 1 is 0.882 bits per heavy atom. The minimum Gasteiger partial charge on any atom is -0.280 e. The minimum atomic E-state index is -3.94. The fourth-order valence-corrected chi connectivity index (χ4v) is 8.07. The van der Waals surface area contributed by atoms with E-state index in [4.69, 9.17) is 0 Å². The van der Waals surface area contributed by atoms with Gasteiger partial charge in [0.15, 0.2) is 0 Å². The average Bonchev–Trinajstić information content (AvgIpc) is 3.09. The van der Waals surface area contributed by atoms with Crippen LogP contribution in [0.5, 0.6) is 0 Å². The number of hydrogen-bond donors (Lipinski definition) is 1. The zero-order valence-electron chi connectivity index (χ0n) is 19.8. The minimum absolute atomic E-state index is 0.0703. The van der Waals surface area contributed by atoms with Crippen molar-refractivity contribution < 1.29 is 16.8 Å². The fourth-order valence-electron chi connectivity index (χ4n) is 4.73. The van der Waals surface area contributed by atoms with Gasteiger partial charge in [0.2, 0.25) is 10.0 Å². The van der Waals surface area contributed by atoms with Gasteiger partial charge in [0, 0.05) is 17.8 Å². The van der Waals surface area contributed by atoms with Crippen LogP contribution >= 0.6 is 0 Å². The van der Waals surface area contributed by atoms with Gasteiger partial charge in [-0.15, -0.1) is 0 Å². The molecule has 2 aromatic carbocycles. The molecule has 8 nitrogen and oxygen atoms in total. The summed E-state index contributed by atoms with van der Waals surface area (Å²) in [4.78, 5) is 0.254. The van der Waals surface area contributed by atoms with Gasteiger partial charge in [-0.2, -0.15) is 9.40 Å². The van der Waals surface area contributed by atoms with Crippen LogP contribution in [-0.4, -0.2) is 43.0 Å². The second kappa shape index (κ2) is 9.16. The highest BCUT2D eigenvalue weighted by atomic mass is 32.2. The Bertz CT molecular complexity index is 1370. The molecule has 0 spiro atoms. The smallest absolute Gasteiger partial charge is 0.265 e. The molecule has 1 aliphatic heterocycles. The van der Waals surface area contributed by atoms with E-state index in [1.807, 2.05) is 44.2 Å². The van der Waals surface area contributed by atoms with E-state index in [-0.39, 0.29) is 27.6 Å². The number of anilines is 1. The van der Waals surface area contributed by atoms with Crippen LogP contribution in [0.15, 0.2) is 64.4 Å². The Hall–Kier alpha value is -2.69. The second-order valence-corrected chi connectivity index (χ2v) is 12.3. The van der Waals surface area contributed by atoms with Crippen LogP contribution in [0, 0.1) is 13.8 Å². The van der Waals surface area contributed by atoms with Crippen molar-refractivity contribution in [2.45, 2.75) is 68.8 Å². The van der Waals surface area contributed by atoms with Gasteiger partial charge in [0.05, 0.1) is 22.0 Å². The summed E-state index contributed by atoms with van der Waals surface area (Å²) in [6.07, 6.45) is 2.67. The van der Waals surface area contributed by atoms with E-state index in [1.165, 1.54) is 24.3 Å². The van der Waals surface area contributed by atoms with Gasteiger partial charge in [-0.05, 0) is 76.9 Å². The molecule has 2 unspecified atom stereocenters. The summed E-state index contributed by atoms with van der Waals surface area (Å²) in [5.74, 6) is 0. The first-order chi connectivity index (χ1) is 16.0. The predicted octanol–water partition coefficient (Wildman–Crippen LogP) is 4.24. The number of benzene rings is 2. The zero-order valence-corrected chi connectivity index (χ0v) is 21.4. The highest BCUT2D eigenvalue weighted by Gasteiger charge is 2.35. The highest BCUT2D eigenvalue weighted by molar-refractivity contribution is 7.92. The summed E-state index contributed by atoms with van der Waals surface area (Å²) >= 11 is 0. The number of hydrogen-bond acceptors (Lipinski definition) is 5. The molecule has 1 saturated heterocycles. The molecular formula is C24H30N4O4S2. The van der Waals surface area contributed by atoms with Crippen molar-refractivity contribution in [2.75, 3.05) is 4.72 Å². The maximum atomic E-state index is 13.2. The SMILES string of the molecule is Cc1nn(-c2ccccc2)c(C)c1S(=O)(=O)Nc1ccc(S(=O)(=O)N2C(C)CCCC2C)cc1. The molecule has 0 saturated carbocycles. The number of aromatic nitrogens is 2. The first kappa shape index (κ1) is 24.4. The Kier molecular flexibility index (Phi) is 6.58. The van der Waals surface area contributed by atoms with Crippen molar-refractivity contribution in [1.82, 2.24) is 14.1 Å². The van der Waals surface area contributed by atoms with Gasteiger partial charge in [-0.1, -0.05) is 24.6 Å². The first-order valence-corrected chi connectivity index (χ1v) is 14.2. The Morgan fingerprint density at radius 3 is 2.06 bits per heavy atom. The van der Waals surface area contributed by atoms with Crippen LogP contribution in [0.2, 0.25) is 0 Å². The van der Waals surface area contributed by atoms with Crippen LogP contribution in [0.25, 0.3) is 5.69 Å². The number of piperidine rings is 1. The van der Waals surface area contributed by atoms with E-state index < -0.39 is 20.0 Å². The van der Waals surface area contributed by atoms with Crippen molar-refractivity contribution >= 4 is 25.7 Å². The fraction of sp³-hybridized carbons (Fsp3) is 0.375. The molecule has 3 aromatic rings. The van der Waals surface area contributed by atoms with Gasteiger partial charge in [0.25, 0.3) is 10.0 Å². The molecule has 2 atom stereocenters. The third-order valence-electron chi connectivity index (χ3n) is 6.29. The molecule has 1 aliphatic rings. The molecule has 34 heavy (non-hydrogen) atoms. The molecule has 0 aliphatic carbocycles. The lowest BCUT2D eigenvalue weighted by molar-refractivity contribution is 0.204. The number of aryl methyl sites for hydroxylation is 1. The zero-order chi connectivity index (χ0) is 24.7. The molecule has 182 valence electrons. The average molecular weight is 503 g/mol. The van der Waals surface area contributed by atoms with Gasteiger partial charge < -0.3 is 0 Å². The topological polar surface area (TPSA) is 101 Å². The van der Waals surface area contributed by atoms with Crippen molar-refractivity contribution in [3.05, 3.63) is 66.0 Å². The van der Waals surface area contributed by atoms with Crippen LogP contribution < -0.4 is 4.72 Å². The number of rotatable bonds is 6. The number of sulfonamides is 2. The highest BCUT2D eigenvalue weighted by Crippen LogP contribution is 2.30. The van der Waals surface area contributed by atoms with Crippen LogP contribution in [0.4, 0.5) is 5.69 Å². The van der Waals surface area contributed by atoms with E-state index in [9.17, 15) is 16.8 Å². The molecule has 0 amide bonds. The summed E-state index contributed by atoms with van der Waals surface area (Å²) < 4.78 is 58.6. The van der Waals surface area contributed by atoms with Gasteiger partial charge >= 0.3 is 0 Å². The molecule has 2 heterocycles. The monoisotopic (exact) mass is 502 g/mol.